The Hall–Kier alpha value is -3.86. The molecule has 0 fully saturated rings. The molecule has 1 amide bonds. The maximum atomic E-state index is 13.7. The Morgan fingerprint density at radius 3 is 2.12 bits per heavy atom. The van der Waals surface area contributed by atoms with Crippen molar-refractivity contribution in [2.75, 3.05) is 12.0 Å². The quantitative estimate of drug-likeness (QED) is 0.364. The highest BCUT2D eigenvalue weighted by atomic mass is 16.5. The molecule has 0 unspecified atom stereocenters. The summed E-state index contributed by atoms with van der Waals surface area (Å²) in [5, 5.41) is 0. The van der Waals surface area contributed by atoms with Crippen LogP contribution in [0.4, 0.5) is 5.69 Å². The van der Waals surface area contributed by atoms with Crippen LogP contribution in [0.5, 0.6) is 0 Å². The van der Waals surface area contributed by atoms with E-state index in [4.69, 9.17) is 4.74 Å². The minimum atomic E-state index is -0.518. The topological polar surface area (TPSA) is 51.5 Å². The van der Waals surface area contributed by atoms with E-state index in [0.717, 1.165) is 39.5 Å². The fourth-order valence-electron chi connectivity index (χ4n) is 4.54. The van der Waals surface area contributed by atoms with Crippen LogP contribution < -0.4 is 4.90 Å². The van der Waals surface area contributed by atoms with E-state index in [1.807, 2.05) is 58.0 Å². The van der Waals surface area contributed by atoms with Gasteiger partial charge < -0.3 is 9.30 Å². The van der Waals surface area contributed by atoms with E-state index in [1.54, 1.807) is 11.8 Å². The summed E-state index contributed by atoms with van der Waals surface area (Å²) < 4.78 is 7.22. The number of carbonyl (C=O) groups excluding carboxylic acids is 2. The van der Waals surface area contributed by atoms with Gasteiger partial charge in [0.15, 0.2) is 0 Å². The largest absolute Gasteiger partial charge is 0.465 e. The standard InChI is InChI=1S/C29H30N2O3/c1-17-8-11-24(12-9-17)30-20(4)15-23(21(30)5)16-26-27(29(33)34-7)22(6)31(28(26)32)25-13-10-18(2)19(3)14-25/h8-16H,1-7H3/b26-16-. The number of benzene rings is 2. The predicted octanol–water partition coefficient (Wildman–Crippen LogP) is 5.90. The molecule has 34 heavy (non-hydrogen) atoms. The number of nitrogens with zero attached hydrogens (tertiary/aromatic N) is 2. The van der Waals surface area contributed by atoms with Crippen LogP contribution in [0.1, 0.15) is 40.6 Å². The molecule has 2 aromatic carbocycles. The molecule has 5 nitrogen and oxygen atoms in total. The summed E-state index contributed by atoms with van der Waals surface area (Å²) in [6, 6.07) is 16.2. The SMILES string of the molecule is COC(=O)C1=C(C)N(c2ccc(C)c(C)c2)C(=O)/C1=C\c1cc(C)n(-c2ccc(C)cc2)c1C. The Morgan fingerprint density at radius 2 is 1.50 bits per heavy atom. The molecule has 4 rings (SSSR count). The van der Waals surface area contributed by atoms with Gasteiger partial charge in [-0.3, -0.25) is 9.69 Å². The van der Waals surface area contributed by atoms with E-state index in [-0.39, 0.29) is 5.91 Å². The number of ether oxygens (including phenoxy) is 1. The zero-order valence-electron chi connectivity index (χ0n) is 20.8. The van der Waals surface area contributed by atoms with E-state index in [2.05, 4.69) is 35.8 Å². The molecule has 0 saturated heterocycles. The average Bonchev–Trinajstić information content (AvgIpc) is 3.22. The van der Waals surface area contributed by atoms with E-state index < -0.39 is 5.97 Å². The number of aryl methyl sites for hydroxylation is 4. The van der Waals surface area contributed by atoms with Gasteiger partial charge in [0.25, 0.3) is 5.91 Å². The van der Waals surface area contributed by atoms with Gasteiger partial charge in [-0.25, -0.2) is 4.79 Å². The number of anilines is 1. The van der Waals surface area contributed by atoms with Gasteiger partial charge in [-0.15, -0.1) is 0 Å². The van der Waals surface area contributed by atoms with E-state index in [0.29, 0.717) is 16.8 Å². The van der Waals surface area contributed by atoms with Crippen molar-refractivity contribution in [3.8, 4) is 5.69 Å². The van der Waals surface area contributed by atoms with Gasteiger partial charge in [-0.2, -0.15) is 0 Å². The zero-order chi connectivity index (χ0) is 24.7. The van der Waals surface area contributed by atoms with Crippen LogP contribution in [-0.4, -0.2) is 23.6 Å². The third-order valence-electron chi connectivity index (χ3n) is 6.60. The summed E-state index contributed by atoms with van der Waals surface area (Å²) in [4.78, 5) is 28.0. The summed E-state index contributed by atoms with van der Waals surface area (Å²) >= 11 is 0. The molecule has 5 heteroatoms. The molecule has 1 aliphatic heterocycles. The van der Waals surface area contributed by atoms with Crippen LogP contribution in [-0.2, 0) is 14.3 Å². The monoisotopic (exact) mass is 454 g/mol. The van der Waals surface area contributed by atoms with Crippen molar-refractivity contribution in [2.24, 2.45) is 0 Å². The Labute approximate surface area is 201 Å². The molecule has 1 aliphatic rings. The minimum Gasteiger partial charge on any atom is -0.465 e. The van der Waals surface area contributed by atoms with Gasteiger partial charge in [0.05, 0.1) is 18.3 Å². The molecule has 0 saturated carbocycles. The minimum absolute atomic E-state index is 0.235. The highest BCUT2D eigenvalue weighted by molar-refractivity contribution is 6.23. The second-order valence-corrected chi connectivity index (χ2v) is 8.92. The van der Waals surface area contributed by atoms with Crippen LogP contribution >= 0.6 is 0 Å². The van der Waals surface area contributed by atoms with Gasteiger partial charge in [-0.05, 0) is 94.6 Å². The first-order chi connectivity index (χ1) is 16.1. The zero-order valence-corrected chi connectivity index (χ0v) is 20.8. The van der Waals surface area contributed by atoms with Crippen molar-refractivity contribution in [3.63, 3.8) is 0 Å². The van der Waals surface area contributed by atoms with Crippen LogP contribution in [0.25, 0.3) is 11.8 Å². The van der Waals surface area contributed by atoms with E-state index >= 15 is 0 Å². The van der Waals surface area contributed by atoms with Crippen molar-refractivity contribution >= 4 is 23.6 Å². The Bertz CT molecular complexity index is 1370. The molecular formula is C29H30N2O3. The first kappa shape index (κ1) is 23.3. The van der Waals surface area contributed by atoms with Crippen molar-refractivity contribution in [2.45, 2.75) is 41.5 Å². The van der Waals surface area contributed by atoms with Crippen molar-refractivity contribution in [1.29, 1.82) is 0 Å². The molecule has 0 atom stereocenters. The molecule has 1 aromatic heterocycles. The number of amides is 1. The molecule has 0 bridgehead atoms. The molecule has 2 heterocycles. The van der Waals surface area contributed by atoms with Crippen molar-refractivity contribution in [1.82, 2.24) is 4.57 Å². The van der Waals surface area contributed by atoms with Gasteiger partial charge in [0, 0.05) is 28.5 Å². The first-order valence-electron chi connectivity index (χ1n) is 11.3. The summed E-state index contributed by atoms with van der Waals surface area (Å²) in [6.45, 7) is 11.9. The van der Waals surface area contributed by atoms with Gasteiger partial charge in [0.1, 0.15) is 0 Å². The number of carbonyl (C=O) groups is 2. The second-order valence-electron chi connectivity index (χ2n) is 8.92. The molecule has 0 N–H and O–H groups in total. The predicted molar refractivity (Wildman–Crippen MR) is 136 cm³/mol. The lowest BCUT2D eigenvalue weighted by molar-refractivity contribution is -0.136. The number of aromatic nitrogens is 1. The molecule has 0 spiro atoms. The Morgan fingerprint density at radius 1 is 0.853 bits per heavy atom. The fourth-order valence-corrected chi connectivity index (χ4v) is 4.54. The summed E-state index contributed by atoms with van der Waals surface area (Å²) in [5.41, 5.74) is 9.34. The molecular weight excluding hydrogens is 424 g/mol. The highest BCUT2D eigenvalue weighted by Gasteiger charge is 2.38. The van der Waals surface area contributed by atoms with Crippen LogP contribution in [0.2, 0.25) is 0 Å². The van der Waals surface area contributed by atoms with Crippen molar-refractivity contribution in [3.05, 3.63) is 99.0 Å². The van der Waals surface area contributed by atoms with E-state index in [9.17, 15) is 9.59 Å². The van der Waals surface area contributed by atoms with Gasteiger partial charge in [-0.1, -0.05) is 23.8 Å². The number of rotatable bonds is 4. The van der Waals surface area contributed by atoms with Gasteiger partial charge in [0.2, 0.25) is 0 Å². The third-order valence-corrected chi connectivity index (χ3v) is 6.60. The maximum Gasteiger partial charge on any atom is 0.340 e. The smallest absolute Gasteiger partial charge is 0.340 e. The number of hydrogen-bond donors (Lipinski definition) is 0. The summed E-state index contributed by atoms with van der Waals surface area (Å²) in [6.07, 6.45) is 1.81. The average molecular weight is 455 g/mol. The maximum absolute atomic E-state index is 13.7. The van der Waals surface area contributed by atoms with Crippen LogP contribution in [0.15, 0.2) is 65.4 Å². The summed E-state index contributed by atoms with van der Waals surface area (Å²) in [5.74, 6) is -0.753. The third kappa shape index (κ3) is 3.87. The lowest BCUT2D eigenvalue weighted by Crippen LogP contribution is -2.24. The number of hydrogen-bond acceptors (Lipinski definition) is 3. The lowest BCUT2D eigenvalue weighted by Gasteiger charge is -2.19. The normalized spacial score (nSPS) is 15.0. The number of esters is 1. The summed E-state index contributed by atoms with van der Waals surface area (Å²) in [7, 11) is 1.34. The van der Waals surface area contributed by atoms with Crippen molar-refractivity contribution < 1.29 is 14.3 Å². The number of allylic oxidation sites excluding steroid dienone is 1. The molecule has 0 aliphatic carbocycles. The first-order valence-corrected chi connectivity index (χ1v) is 11.3. The second kappa shape index (κ2) is 8.82. The van der Waals surface area contributed by atoms with Crippen LogP contribution in [0, 0.1) is 34.6 Å². The molecule has 174 valence electrons. The van der Waals surface area contributed by atoms with E-state index in [1.165, 1.54) is 12.7 Å². The number of methoxy groups -OCH3 is 1. The molecule has 0 radical (unpaired) electrons. The molecule has 3 aromatic rings. The van der Waals surface area contributed by atoms with Crippen LogP contribution in [0.3, 0.4) is 0 Å². The van der Waals surface area contributed by atoms with Gasteiger partial charge >= 0.3 is 5.97 Å². The fraction of sp³-hybridized carbons (Fsp3) is 0.241. The Balaban J connectivity index is 1.85. The Kier molecular flexibility index (Phi) is 6.05. The highest BCUT2D eigenvalue weighted by Crippen LogP contribution is 2.37. The lowest BCUT2D eigenvalue weighted by atomic mass is 10.0.